The molecule has 0 aliphatic heterocycles. The van der Waals surface area contributed by atoms with Gasteiger partial charge in [0.2, 0.25) is 0 Å². The minimum absolute atomic E-state index is 0.266. The molecule has 2 aliphatic carbocycles. The highest BCUT2D eigenvalue weighted by atomic mass is 16.1. The van der Waals surface area contributed by atoms with Crippen LogP contribution >= 0.6 is 0 Å². The van der Waals surface area contributed by atoms with Crippen LogP contribution in [0.2, 0.25) is 0 Å². The quantitative estimate of drug-likeness (QED) is 0.519. The summed E-state index contributed by atoms with van der Waals surface area (Å²) in [6.07, 6.45) is 2.35. The second-order valence-electron chi connectivity index (χ2n) is 4.53. The van der Waals surface area contributed by atoms with E-state index < -0.39 is 0 Å². The number of hydrogen-bond acceptors (Lipinski definition) is 1. The van der Waals surface area contributed by atoms with Gasteiger partial charge in [-0.3, -0.25) is 4.79 Å². The number of carbonyl (C=O) groups excluding carboxylic acids is 1. The number of carbonyl (C=O) groups is 1. The van der Waals surface area contributed by atoms with E-state index in [0.29, 0.717) is 17.6 Å². The summed E-state index contributed by atoms with van der Waals surface area (Å²) >= 11 is 0. The molecule has 0 saturated heterocycles. The van der Waals surface area contributed by atoms with Gasteiger partial charge in [-0.05, 0) is 24.2 Å². The molecule has 0 N–H and O–H groups in total. The van der Waals surface area contributed by atoms with Gasteiger partial charge < -0.3 is 0 Å². The summed E-state index contributed by atoms with van der Waals surface area (Å²) < 4.78 is 0. The minimum Gasteiger partial charge on any atom is -0.299 e. The fourth-order valence-electron chi connectivity index (χ4n) is 2.45. The zero-order chi connectivity index (χ0) is 8.22. The summed E-state index contributed by atoms with van der Waals surface area (Å²) in [5.41, 5.74) is 0.266. The molecule has 0 bridgehead atoms. The van der Waals surface area contributed by atoms with Gasteiger partial charge >= 0.3 is 0 Å². The maximum Gasteiger partial charge on any atom is 0.143 e. The summed E-state index contributed by atoms with van der Waals surface area (Å²) in [5.74, 6) is 2.64. The van der Waals surface area contributed by atoms with Crippen molar-refractivity contribution in [2.75, 3.05) is 0 Å². The Bertz CT molecular complexity index is 205. The third-order valence-electron chi connectivity index (χ3n) is 3.43. The maximum absolute atomic E-state index is 11.5. The Hall–Kier alpha value is -0.330. The molecule has 2 saturated carbocycles. The van der Waals surface area contributed by atoms with Crippen LogP contribution in [0, 0.1) is 23.2 Å². The lowest BCUT2D eigenvalue weighted by molar-refractivity contribution is -0.120. The Morgan fingerprint density at radius 1 is 1.36 bits per heavy atom. The molecule has 1 radical (unpaired) electrons. The van der Waals surface area contributed by atoms with E-state index >= 15 is 0 Å². The van der Waals surface area contributed by atoms with Crippen LogP contribution in [0.3, 0.4) is 0 Å². The number of Topliss-reactive ketones (excluding diaryl/α,β-unsaturated/α-hetero) is 1. The van der Waals surface area contributed by atoms with E-state index in [4.69, 9.17) is 0 Å². The summed E-state index contributed by atoms with van der Waals surface area (Å²) in [4.78, 5) is 11.5. The molecule has 2 unspecified atom stereocenters. The van der Waals surface area contributed by atoms with Crippen LogP contribution in [0.25, 0.3) is 0 Å². The van der Waals surface area contributed by atoms with Crippen LogP contribution in [-0.2, 0) is 4.79 Å². The Kier molecular flexibility index (Phi) is 1.25. The highest BCUT2D eigenvalue weighted by Crippen LogP contribution is 2.65. The van der Waals surface area contributed by atoms with Crippen molar-refractivity contribution in [2.45, 2.75) is 33.6 Å². The molecule has 61 valence electrons. The lowest BCUT2D eigenvalue weighted by Gasteiger charge is -2.13. The fraction of sp³-hybridized carbons (Fsp3) is 0.800. The SMILES string of the molecule is CC1CCC2[C](C1=O)C2(C)C. The van der Waals surface area contributed by atoms with Crippen molar-refractivity contribution in [1.29, 1.82) is 0 Å². The smallest absolute Gasteiger partial charge is 0.143 e. The molecule has 11 heavy (non-hydrogen) atoms. The number of hydrogen-bond donors (Lipinski definition) is 0. The fourth-order valence-corrected chi connectivity index (χ4v) is 2.45. The van der Waals surface area contributed by atoms with Crippen molar-refractivity contribution in [2.24, 2.45) is 17.3 Å². The molecular weight excluding hydrogens is 136 g/mol. The normalized spacial score (nSPS) is 41.9. The Morgan fingerprint density at radius 3 is 2.55 bits per heavy atom. The molecule has 0 amide bonds. The van der Waals surface area contributed by atoms with Crippen molar-refractivity contribution >= 4 is 5.78 Å². The van der Waals surface area contributed by atoms with Gasteiger partial charge in [-0.25, -0.2) is 0 Å². The number of ketones is 1. The largest absolute Gasteiger partial charge is 0.299 e. The van der Waals surface area contributed by atoms with Gasteiger partial charge in [-0.15, -0.1) is 0 Å². The molecule has 2 aliphatic rings. The predicted molar refractivity (Wildman–Crippen MR) is 43.9 cm³/mol. The van der Waals surface area contributed by atoms with Crippen LogP contribution in [0.15, 0.2) is 0 Å². The highest BCUT2D eigenvalue weighted by Gasteiger charge is 2.63. The van der Waals surface area contributed by atoms with Gasteiger partial charge in [0.25, 0.3) is 0 Å². The first kappa shape index (κ1) is 7.33. The third-order valence-corrected chi connectivity index (χ3v) is 3.43. The summed E-state index contributed by atoms with van der Waals surface area (Å²) in [5, 5.41) is 0. The molecule has 2 fully saturated rings. The van der Waals surface area contributed by atoms with Gasteiger partial charge in [0.1, 0.15) is 5.78 Å². The van der Waals surface area contributed by atoms with Crippen molar-refractivity contribution in [3.63, 3.8) is 0 Å². The first-order valence-corrected chi connectivity index (χ1v) is 4.46. The molecule has 0 aromatic heterocycles. The molecule has 0 spiro atoms. The van der Waals surface area contributed by atoms with Gasteiger partial charge in [0.05, 0.1) is 5.92 Å². The van der Waals surface area contributed by atoms with Crippen molar-refractivity contribution < 1.29 is 4.79 Å². The predicted octanol–water partition coefficient (Wildman–Crippen LogP) is 2.22. The van der Waals surface area contributed by atoms with Crippen LogP contribution < -0.4 is 0 Å². The molecule has 0 aromatic carbocycles. The van der Waals surface area contributed by atoms with E-state index in [0.717, 1.165) is 6.42 Å². The molecular formula is C10H15O. The van der Waals surface area contributed by atoms with E-state index in [-0.39, 0.29) is 5.41 Å². The Morgan fingerprint density at radius 2 is 2.00 bits per heavy atom. The summed E-state index contributed by atoms with van der Waals surface area (Å²) in [6.45, 7) is 6.45. The van der Waals surface area contributed by atoms with Crippen LogP contribution in [0.1, 0.15) is 33.6 Å². The molecule has 2 atom stereocenters. The van der Waals surface area contributed by atoms with Crippen LogP contribution in [-0.4, -0.2) is 5.78 Å². The molecule has 0 heterocycles. The zero-order valence-corrected chi connectivity index (χ0v) is 7.48. The number of rotatable bonds is 0. The lowest BCUT2D eigenvalue weighted by Crippen LogP contribution is -2.17. The molecule has 0 aromatic rings. The lowest BCUT2D eigenvalue weighted by atomic mass is 9.90. The second-order valence-corrected chi connectivity index (χ2v) is 4.53. The Balaban J connectivity index is 2.19. The average molecular weight is 151 g/mol. The van der Waals surface area contributed by atoms with Crippen molar-refractivity contribution in [1.82, 2.24) is 0 Å². The van der Waals surface area contributed by atoms with Gasteiger partial charge in [0, 0.05) is 5.92 Å². The third kappa shape index (κ3) is 0.800. The minimum atomic E-state index is 0.266. The van der Waals surface area contributed by atoms with Gasteiger partial charge in [-0.1, -0.05) is 20.8 Å². The monoisotopic (exact) mass is 151 g/mol. The maximum atomic E-state index is 11.5. The van der Waals surface area contributed by atoms with Crippen molar-refractivity contribution in [3.8, 4) is 0 Å². The van der Waals surface area contributed by atoms with E-state index in [9.17, 15) is 4.79 Å². The molecule has 1 nitrogen and oxygen atoms in total. The Labute approximate surface area is 68.2 Å². The number of fused-ring (bicyclic) bond motifs is 1. The second kappa shape index (κ2) is 1.88. The summed E-state index contributed by atoms with van der Waals surface area (Å²) in [7, 11) is 0. The van der Waals surface area contributed by atoms with E-state index in [2.05, 4.69) is 20.8 Å². The average Bonchev–Trinajstić information content (AvgIpc) is 2.46. The topological polar surface area (TPSA) is 17.1 Å². The van der Waals surface area contributed by atoms with Crippen molar-refractivity contribution in [3.05, 3.63) is 5.92 Å². The molecule has 1 heteroatoms. The van der Waals surface area contributed by atoms with E-state index in [1.54, 1.807) is 0 Å². The standard InChI is InChI=1S/C10H15O/c1-6-4-5-7-8(9(6)11)10(7,2)3/h6-7H,4-5H2,1-3H3. The zero-order valence-electron chi connectivity index (χ0n) is 7.48. The van der Waals surface area contributed by atoms with Gasteiger partial charge in [-0.2, -0.15) is 0 Å². The van der Waals surface area contributed by atoms with E-state index in [1.807, 2.05) is 0 Å². The van der Waals surface area contributed by atoms with E-state index in [1.165, 1.54) is 12.3 Å². The first-order chi connectivity index (χ1) is 5.05. The van der Waals surface area contributed by atoms with Crippen LogP contribution in [0.4, 0.5) is 0 Å². The highest BCUT2D eigenvalue weighted by molar-refractivity contribution is 6.00. The first-order valence-electron chi connectivity index (χ1n) is 4.46. The molecule has 2 rings (SSSR count). The summed E-state index contributed by atoms with van der Waals surface area (Å²) in [6, 6.07) is 0. The van der Waals surface area contributed by atoms with Crippen LogP contribution in [0.5, 0.6) is 0 Å². The van der Waals surface area contributed by atoms with Gasteiger partial charge in [0.15, 0.2) is 0 Å².